The maximum atomic E-state index is 12.5. The van der Waals surface area contributed by atoms with Gasteiger partial charge in [0.1, 0.15) is 0 Å². The fraction of sp³-hybridized carbons (Fsp3) is 0.579. The Balaban J connectivity index is 1.88. The van der Waals surface area contributed by atoms with Crippen LogP contribution >= 0.6 is 0 Å². The molecule has 2 rings (SSSR count). The van der Waals surface area contributed by atoms with Crippen LogP contribution in [0.25, 0.3) is 0 Å². The molecule has 1 saturated heterocycles. The molecular weight excluding hydrogens is 366 g/mol. The fourth-order valence-electron chi connectivity index (χ4n) is 2.93. The van der Waals surface area contributed by atoms with Crippen LogP contribution in [0.15, 0.2) is 29.2 Å². The van der Waals surface area contributed by atoms with Crippen molar-refractivity contribution in [3.63, 3.8) is 0 Å². The van der Waals surface area contributed by atoms with Crippen LogP contribution in [-0.4, -0.2) is 50.3 Å². The summed E-state index contributed by atoms with van der Waals surface area (Å²) in [6.07, 6.45) is 1.49. The average Bonchev–Trinajstić information content (AvgIpc) is 2.59. The van der Waals surface area contributed by atoms with Gasteiger partial charge in [-0.05, 0) is 58.6 Å². The molecule has 0 radical (unpaired) electrons. The van der Waals surface area contributed by atoms with Crippen LogP contribution in [0.2, 0.25) is 0 Å². The molecule has 1 aliphatic rings. The first-order valence-corrected chi connectivity index (χ1v) is 10.6. The summed E-state index contributed by atoms with van der Waals surface area (Å²) in [5.74, 6) is 0.00223. The van der Waals surface area contributed by atoms with Crippen LogP contribution in [0.3, 0.4) is 0 Å². The van der Waals surface area contributed by atoms with Gasteiger partial charge in [-0.25, -0.2) is 17.9 Å². The molecule has 1 fully saturated rings. The first-order chi connectivity index (χ1) is 12.5. The van der Waals surface area contributed by atoms with Gasteiger partial charge in [-0.1, -0.05) is 12.1 Å². The maximum Gasteiger partial charge on any atom is 0.317 e. The van der Waals surface area contributed by atoms with Crippen molar-refractivity contribution < 1.29 is 18.0 Å². The predicted octanol–water partition coefficient (Wildman–Crippen LogP) is 2.39. The predicted molar refractivity (Wildman–Crippen MR) is 104 cm³/mol. The van der Waals surface area contributed by atoms with Crippen LogP contribution in [-0.2, 0) is 10.0 Å². The van der Waals surface area contributed by atoms with Crippen LogP contribution in [0.5, 0.6) is 0 Å². The monoisotopic (exact) mass is 395 g/mol. The number of hydrogen-bond donors (Lipinski definition) is 2. The molecule has 0 bridgehead atoms. The molecular formula is C19H29N3O4S. The number of carbonyl (C=O) groups is 2. The highest BCUT2D eigenvalue weighted by atomic mass is 32.2. The van der Waals surface area contributed by atoms with Gasteiger partial charge in [-0.2, -0.15) is 0 Å². The van der Waals surface area contributed by atoms with Crippen LogP contribution in [0, 0.1) is 5.92 Å². The molecule has 2 amide bonds. The SMILES string of the molecule is CC(=O)c1cccc(S(=O)(=O)NCC2CCN(C(=O)NC(C)(C)C)CC2)c1. The van der Waals surface area contributed by atoms with Gasteiger partial charge in [0.15, 0.2) is 5.78 Å². The lowest BCUT2D eigenvalue weighted by molar-refractivity contribution is 0.101. The van der Waals surface area contributed by atoms with Gasteiger partial charge in [-0.3, -0.25) is 4.79 Å². The zero-order valence-corrected chi connectivity index (χ0v) is 17.2. The Morgan fingerprint density at radius 1 is 1.19 bits per heavy atom. The number of likely N-dealkylation sites (tertiary alicyclic amines) is 1. The minimum atomic E-state index is -3.66. The lowest BCUT2D eigenvalue weighted by atomic mass is 9.97. The Hall–Kier alpha value is -1.93. The molecule has 0 aromatic heterocycles. The second kappa shape index (κ2) is 8.39. The summed E-state index contributed by atoms with van der Waals surface area (Å²) in [7, 11) is -3.66. The molecule has 7 nitrogen and oxygen atoms in total. The molecule has 0 unspecified atom stereocenters. The van der Waals surface area contributed by atoms with Gasteiger partial charge in [0.25, 0.3) is 0 Å². The number of amides is 2. The van der Waals surface area contributed by atoms with Crippen LogP contribution < -0.4 is 10.0 Å². The van der Waals surface area contributed by atoms with E-state index in [9.17, 15) is 18.0 Å². The van der Waals surface area contributed by atoms with Gasteiger partial charge in [0.05, 0.1) is 4.90 Å². The van der Waals surface area contributed by atoms with Gasteiger partial charge in [0, 0.05) is 30.7 Å². The Morgan fingerprint density at radius 2 is 1.81 bits per heavy atom. The Kier molecular flexibility index (Phi) is 6.64. The number of hydrogen-bond acceptors (Lipinski definition) is 4. The number of ketones is 1. The topological polar surface area (TPSA) is 95.6 Å². The van der Waals surface area contributed by atoms with Crippen molar-refractivity contribution in [3.8, 4) is 0 Å². The largest absolute Gasteiger partial charge is 0.333 e. The summed E-state index contributed by atoms with van der Waals surface area (Å²) < 4.78 is 27.6. The Labute approximate surface area is 161 Å². The third-order valence-corrected chi connectivity index (χ3v) is 5.92. The van der Waals surface area contributed by atoms with Crippen molar-refractivity contribution in [1.29, 1.82) is 0 Å². The number of piperidine rings is 1. The van der Waals surface area contributed by atoms with E-state index in [1.54, 1.807) is 17.0 Å². The van der Waals surface area contributed by atoms with E-state index in [4.69, 9.17) is 0 Å². The zero-order chi connectivity index (χ0) is 20.2. The molecule has 2 N–H and O–H groups in total. The Morgan fingerprint density at radius 3 is 2.37 bits per heavy atom. The summed E-state index contributed by atoms with van der Waals surface area (Å²) in [5, 5.41) is 2.94. The number of urea groups is 1. The second-order valence-corrected chi connectivity index (χ2v) is 9.81. The highest BCUT2D eigenvalue weighted by molar-refractivity contribution is 7.89. The molecule has 1 aliphatic heterocycles. The fourth-order valence-corrected chi connectivity index (χ4v) is 4.09. The average molecular weight is 396 g/mol. The highest BCUT2D eigenvalue weighted by Gasteiger charge is 2.26. The van der Waals surface area contributed by atoms with Crippen molar-refractivity contribution >= 4 is 21.8 Å². The number of benzene rings is 1. The quantitative estimate of drug-likeness (QED) is 0.748. The van der Waals surface area contributed by atoms with Crippen LogP contribution in [0.4, 0.5) is 4.79 Å². The summed E-state index contributed by atoms with van der Waals surface area (Å²) in [4.78, 5) is 25.5. The summed E-state index contributed by atoms with van der Waals surface area (Å²) in [6.45, 7) is 8.75. The number of sulfonamides is 1. The molecule has 1 aromatic rings. The molecule has 0 saturated carbocycles. The van der Waals surface area contributed by atoms with Gasteiger partial charge in [-0.15, -0.1) is 0 Å². The van der Waals surface area contributed by atoms with Crippen LogP contribution in [0.1, 0.15) is 50.9 Å². The maximum absolute atomic E-state index is 12.5. The third-order valence-electron chi connectivity index (χ3n) is 4.50. The first-order valence-electron chi connectivity index (χ1n) is 9.16. The van der Waals surface area contributed by atoms with E-state index in [-0.39, 0.29) is 28.2 Å². The van der Waals surface area contributed by atoms with E-state index in [1.165, 1.54) is 19.1 Å². The Bertz CT molecular complexity index is 791. The summed E-state index contributed by atoms with van der Waals surface area (Å²) in [5.41, 5.74) is 0.0915. The molecule has 0 aliphatic carbocycles. The van der Waals surface area contributed by atoms with Gasteiger partial charge < -0.3 is 10.2 Å². The number of nitrogens with zero attached hydrogens (tertiary/aromatic N) is 1. The lowest BCUT2D eigenvalue weighted by Crippen LogP contribution is -2.51. The number of rotatable bonds is 5. The van der Waals surface area contributed by atoms with Crippen molar-refractivity contribution in [2.24, 2.45) is 5.92 Å². The minimum absolute atomic E-state index is 0.0809. The molecule has 0 atom stereocenters. The lowest BCUT2D eigenvalue weighted by Gasteiger charge is -2.34. The van der Waals surface area contributed by atoms with E-state index < -0.39 is 10.0 Å². The van der Waals surface area contributed by atoms with E-state index in [0.717, 1.165) is 12.8 Å². The van der Waals surface area contributed by atoms with E-state index in [2.05, 4.69) is 10.0 Å². The molecule has 27 heavy (non-hydrogen) atoms. The second-order valence-electron chi connectivity index (χ2n) is 8.05. The van der Waals surface area contributed by atoms with Crippen molar-refractivity contribution in [1.82, 2.24) is 14.9 Å². The molecule has 1 heterocycles. The number of nitrogens with one attached hydrogen (secondary N) is 2. The molecule has 1 aromatic carbocycles. The van der Waals surface area contributed by atoms with Crippen molar-refractivity contribution in [2.75, 3.05) is 19.6 Å². The first kappa shape index (κ1) is 21.4. The standard InChI is InChI=1S/C19H29N3O4S/c1-14(23)16-6-5-7-17(12-16)27(25,26)20-13-15-8-10-22(11-9-15)18(24)21-19(2,3)4/h5-7,12,15,20H,8-11,13H2,1-4H3,(H,21,24). The summed E-state index contributed by atoms with van der Waals surface area (Å²) >= 11 is 0. The normalized spacial score (nSPS) is 16.2. The summed E-state index contributed by atoms with van der Waals surface area (Å²) in [6, 6.07) is 5.96. The third kappa shape index (κ3) is 6.32. The number of Topliss-reactive ketones (excluding diaryl/α,β-unsaturated/α-hetero) is 1. The highest BCUT2D eigenvalue weighted by Crippen LogP contribution is 2.19. The van der Waals surface area contributed by atoms with Gasteiger partial charge >= 0.3 is 6.03 Å². The molecule has 0 spiro atoms. The van der Waals surface area contributed by atoms with Crippen molar-refractivity contribution in [3.05, 3.63) is 29.8 Å². The minimum Gasteiger partial charge on any atom is -0.333 e. The molecule has 150 valence electrons. The van der Waals surface area contributed by atoms with E-state index in [1.807, 2.05) is 20.8 Å². The van der Waals surface area contributed by atoms with Crippen molar-refractivity contribution in [2.45, 2.75) is 51.0 Å². The number of carbonyl (C=O) groups excluding carboxylic acids is 2. The molecule has 8 heteroatoms. The van der Waals surface area contributed by atoms with E-state index in [0.29, 0.717) is 25.2 Å². The zero-order valence-electron chi connectivity index (χ0n) is 16.4. The van der Waals surface area contributed by atoms with E-state index >= 15 is 0 Å². The smallest absolute Gasteiger partial charge is 0.317 e. The van der Waals surface area contributed by atoms with Gasteiger partial charge in [0.2, 0.25) is 10.0 Å².